The van der Waals surface area contributed by atoms with Crippen molar-refractivity contribution in [3.63, 3.8) is 0 Å². The monoisotopic (exact) mass is 234 g/mol. The van der Waals surface area contributed by atoms with Gasteiger partial charge in [-0.2, -0.15) is 0 Å². The molecule has 0 bridgehead atoms. The number of likely N-dealkylation sites (tertiary alicyclic amines) is 1. The zero-order chi connectivity index (χ0) is 12.3. The molecule has 2 N–H and O–H groups in total. The molecule has 4 nitrogen and oxygen atoms in total. The second kappa shape index (κ2) is 5.19. The van der Waals surface area contributed by atoms with Crippen LogP contribution in [0, 0.1) is 0 Å². The van der Waals surface area contributed by atoms with E-state index in [1.54, 1.807) is 17.0 Å². The summed E-state index contributed by atoms with van der Waals surface area (Å²) >= 11 is 0. The van der Waals surface area contributed by atoms with E-state index in [9.17, 15) is 4.79 Å². The summed E-state index contributed by atoms with van der Waals surface area (Å²) in [6.45, 7) is 3.98. The van der Waals surface area contributed by atoms with Gasteiger partial charge in [0.15, 0.2) is 0 Å². The first kappa shape index (κ1) is 11.9. The molecule has 0 aromatic heterocycles. The summed E-state index contributed by atoms with van der Waals surface area (Å²) in [7, 11) is 0. The minimum atomic E-state index is 0.0565. The van der Waals surface area contributed by atoms with Crippen LogP contribution in [0.3, 0.4) is 0 Å². The summed E-state index contributed by atoms with van der Waals surface area (Å²) in [5, 5.41) is 0. The molecule has 0 saturated carbocycles. The highest BCUT2D eigenvalue weighted by atomic mass is 16.5. The Morgan fingerprint density at radius 1 is 1.47 bits per heavy atom. The number of ether oxygens (including phenoxy) is 1. The minimum Gasteiger partial charge on any atom is -0.494 e. The van der Waals surface area contributed by atoms with Gasteiger partial charge < -0.3 is 15.4 Å². The zero-order valence-electron chi connectivity index (χ0n) is 10.1. The van der Waals surface area contributed by atoms with Crippen LogP contribution in [0.2, 0.25) is 0 Å². The largest absolute Gasteiger partial charge is 0.494 e. The van der Waals surface area contributed by atoms with Gasteiger partial charge in [-0.05, 0) is 37.6 Å². The van der Waals surface area contributed by atoms with Crippen LogP contribution in [0.5, 0.6) is 5.75 Å². The maximum atomic E-state index is 12.1. The van der Waals surface area contributed by atoms with Crippen molar-refractivity contribution < 1.29 is 9.53 Å². The van der Waals surface area contributed by atoms with Gasteiger partial charge in [0.25, 0.3) is 5.91 Å². The Labute approximate surface area is 101 Å². The molecule has 4 heteroatoms. The maximum absolute atomic E-state index is 12.1. The first-order valence-corrected chi connectivity index (χ1v) is 5.98. The van der Waals surface area contributed by atoms with Crippen LogP contribution in [0.4, 0.5) is 0 Å². The van der Waals surface area contributed by atoms with Crippen molar-refractivity contribution >= 4 is 5.91 Å². The van der Waals surface area contributed by atoms with Crippen molar-refractivity contribution in [1.29, 1.82) is 0 Å². The predicted octanol–water partition coefficient (Wildman–Crippen LogP) is 1.26. The lowest BCUT2D eigenvalue weighted by atomic mass is 10.2. The molecule has 1 saturated heterocycles. The first-order valence-electron chi connectivity index (χ1n) is 5.98. The molecule has 2 rings (SSSR count). The van der Waals surface area contributed by atoms with Gasteiger partial charge in [0.05, 0.1) is 6.61 Å². The highest BCUT2D eigenvalue weighted by Crippen LogP contribution is 2.16. The summed E-state index contributed by atoms with van der Waals surface area (Å²) in [6, 6.07) is 7.38. The van der Waals surface area contributed by atoms with Gasteiger partial charge in [-0.25, -0.2) is 0 Å². The van der Waals surface area contributed by atoms with E-state index in [-0.39, 0.29) is 11.9 Å². The Morgan fingerprint density at radius 2 is 2.18 bits per heavy atom. The van der Waals surface area contributed by atoms with Gasteiger partial charge in [0, 0.05) is 24.7 Å². The van der Waals surface area contributed by atoms with Crippen molar-refractivity contribution in [1.82, 2.24) is 4.90 Å². The average molecular weight is 234 g/mol. The number of benzene rings is 1. The van der Waals surface area contributed by atoms with E-state index in [1.807, 2.05) is 19.1 Å². The molecule has 0 spiro atoms. The molecular weight excluding hydrogens is 216 g/mol. The molecule has 1 aromatic rings. The Balaban J connectivity index is 2.04. The number of rotatable bonds is 3. The van der Waals surface area contributed by atoms with Crippen LogP contribution >= 0.6 is 0 Å². The second-order valence-corrected chi connectivity index (χ2v) is 4.26. The Bertz CT molecular complexity index is 389. The first-order chi connectivity index (χ1) is 8.20. The fraction of sp³-hybridized carbons (Fsp3) is 0.462. The number of carbonyl (C=O) groups excluding carboxylic acids is 1. The van der Waals surface area contributed by atoms with E-state index >= 15 is 0 Å². The normalized spacial score (nSPS) is 19.4. The lowest BCUT2D eigenvalue weighted by molar-refractivity contribution is 0.0791. The summed E-state index contributed by atoms with van der Waals surface area (Å²) in [4.78, 5) is 13.9. The maximum Gasteiger partial charge on any atom is 0.253 e. The molecule has 0 unspecified atom stereocenters. The van der Waals surface area contributed by atoms with Crippen molar-refractivity contribution in [3.8, 4) is 5.75 Å². The average Bonchev–Trinajstić information content (AvgIpc) is 2.76. The smallest absolute Gasteiger partial charge is 0.253 e. The molecule has 1 amide bonds. The Kier molecular flexibility index (Phi) is 3.64. The van der Waals surface area contributed by atoms with Crippen molar-refractivity contribution in [2.24, 2.45) is 5.73 Å². The molecule has 0 radical (unpaired) electrons. The number of nitrogens with two attached hydrogens (primary N) is 1. The van der Waals surface area contributed by atoms with Crippen LogP contribution in [-0.2, 0) is 0 Å². The zero-order valence-corrected chi connectivity index (χ0v) is 10.1. The molecule has 1 aliphatic rings. The summed E-state index contributed by atoms with van der Waals surface area (Å²) in [6.07, 6.45) is 0.892. The molecule has 1 heterocycles. The highest BCUT2D eigenvalue weighted by Gasteiger charge is 2.24. The fourth-order valence-corrected chi connectivity index (χ4v) is 2.01. The van der Waals surface area contributed by atoms with Crippen LogP contribution in [0.15, 0.2) is 24.3 Å². The SMILES string of the molecule is CCOc1ccc(C(=O)N2CC[C@@H](N)C2)cc1. The Hall–Kier alpha value is -1.55. The van der Waals surface area contributed by atoms with Gasteiger partial charge in [0.2, 0.25) is 0 Å². The standard InChI is InChI=1S/C13H18N2O2/c1-2-17-12-5-3-10(4-6-12)13(16)15-8-7-11(14)9-15/h3-6,11H,2,7-9,14H2,1H3/t11-/m1/s1. The molecule has 1 fully saturated rings. The Morgan fingerprint density at radius 3 is 2.71 bits per heavy atom. The highest BCUT2D eigenvalue weighted by molar-refractivity contribution is 5.94. The van der Waals surface area contributed by atoms with Crippen molar-refractivity contribution in [2.75, 3.05) is 19.7 Å². The van der Waals surface area contributed by atoms with Gasteiger partial charge >= 0.3 is 0 Å². The van der Waals surface area contributed by atoms with Crippen LogP contribution in [0.1, 0.15) is 23.7 Å². The molecule has 92 valence electrons. The summed E-state index contributed by atoms with van der Waals surface area (Å²) < 4.78 is 5.34. The number of hydrogen-bond donors (Lipinski definition) is 1. The third-order valence-electron chi connectivity index (χ3n) is 2.92. The minimum absolute atomic E-state index is 0.0565. The topological polar surface area (TPSA) is 55.6 Å². The van der Waals surface area contributed by atoms with E-state index in [2.05, 4.69) is 0 Å². The van der Waals surface area contributed by atoms with Gasteiger partial charge in [0.1, 0.15) is 5.75 Å². The number of carbonyl (C=O) groups is 1. The van der Waals surface area contributed by atoms with E-state index < -0.39 is 0 Å². The molecule has 1 aromatic carbocycles. The molecule has 0 aliphatic carbocycles. The number of amides is 1. The third kappa shape index (κ3) is 2.77. The van der Waals surface area contributed by atoms with Gasteiger partial charge in [-0.15, -0.1) is 0 Å². The predicted molar refractivity (Wildman–Crippen MR) is 66.1 cm³/mol. The van der Waals surface area contributed by atoms with E-state index in [0.29, 0.717) is 18.7 Å². The lowest BCUT2D eigenvalue weighted by Gasteiger charge is -2.15. The molecule has 1 aliphatic heterocycles. The van der Waals surface area contributed by atoms with E-state index in [1.165, 1.54) is 0 Å². The number of nitrogens with zero attached hydrogens (tertiary/aromatic N) is 1. The third-order valence-corrected chi connectivity index (χ3v) is 2.92. The van der Waals surface area contributed by atoms with Gasteiger partial charge in [-0.1, -0.05) is 0 Å². The molecular formula is C13H18N2O2. The number of hydrogen-bond acceptors (Lipinski definition) is 3. The summed E-state index contributed by atoms with van der Waals surface area (Å²) in [5.41, 5.74) is 6.49. The van der Waals surface area contributed by atoms with E-state index in [0.717, 1.165) is 18.7 Å². The van der Waals surface area contributed by atoms with Crippen LogP contribution in [-0.4, -0.2) is 36.5 Å². The molecule has 17 heavy (non-hydrogen) atoms. The lowest BCUT2D eigenvalue weighted by Crippen LogP contribution is -2.31. The van der Waals surface area contributed by atoms with Gasteiger partial charge in [-0.3, -0.25) is 4.79 Å². The van der Waals surface area contributed by atoms with Crippen LogP contribution in [0.25, 0.3) is 0 Å². The fourth-order valence-electron chi connectivity index (χ4n) is 2.01. The van der Waals surface area contributed by atoms with Crippen molar-refractivity contribution in [3.05, 3.63) is 29.8 Å². The van der Waals surface area contributed by atoms with E-state index in [4.69, 9.17) is 10.5 Å². The molecule has 1 atom stereocenters. The quantitative estimate of drug-likeness (QED) is 0.856. The second-order valence-electron chi connectivity index (χ2n) is 4.26. The van der Waals surface area contributed by atoms with Crippen molar-refractivity contribution in [2.45, 2.75) is 19.4 Å². The van der Waals surface area contributed by atoms with Crippen LogP contribution < -0.4 is 10.5 Å². The summed E-state index contributed by atoms with van der Waals surface area (Å²) in [5.74, 6) is 0.850.